The smallest absolute Gasteiger partial charge is 0.236 e. The van der Waals surface area contributed by atoms with Gasteiger partial charge in [0.15, 0.2) is 0 Å². The summed E-state index contributed by atoms with van der Waals surface area (Å²) in [7, 11) is 1.80. The molecule has 6 nitrogen and oxygen atoms in total. The molecule has 0 bridgehead atoms. The first kappa shape index (κ1) is 19.8. The molecule has 0 N–H and O–H groups in total. The minimum Gasteiger partial charge on any atom is -0.361 e. The fraction of sp³-hybridized carbons (Fsp3) is 0.474. The summed E-state index contributed by atoms with van der Waals surface area (Å²) in [5.41, 5.74) is 1.33. The average molecular weight is 395 g/mol. The summed E-state index contributed by atoms with van der Waals surface area (Å²) in [4.78, 5) is 18.4. The first-order chi connectivity index (χ1) is 12.9. The van der Waals surface area contributed by atoms with Crippen LogP contribution in [0.1, 0.15) is 17.0 Å². The van der Waals surface area contributed by atoms with Gasteiger partial charge in [-0.3, -0.25) is 14.6 Å². The number of amides is 1. The molecule has 2 heterocycles. The molecule has 1 aliphatic rings. The van der Waals surface area contributed by atoms with E-state index >= 15 is 0 Å². The lowest BCUT2D eigenvalue weighted by Gasteiger charge is -2.35. The summed E-state index contributed by atoms with van der Waals surface area (Å²) in [6.45, 7) is 6.05. The van der Waals surface area contributed by atoms with E-state index in [2.05, 4.69) is 10.1 Å². The normalized spacial score (nSPS) is 15.5. The Balaban J connectivity index is 1.46. The predicted octanol–water partition coefficient (Wildman–Crippen LogP) is 2.55. The Morgan fingerprint density at radius 2 is 2.07 bits per heavy atom. The number of halogens is 2. The Bertz CT molecular complexity index is 770. The van der Waals surface area contributed by atoms with Crippen LogP contribution in [0.2, 0.25) is 5.02 Å². The fourth-order valence-corrected chi connectivity index (χ4v) is 3.44. The second-order valence-electron chi connectivity index (χ2n) is 6.96. The molecule has 3 rings (SSSR count). The van der Waals surface area contributed by atoms with E-state index in [9.17, 15) is 9.18 Å². The number of carbonyl (C=O) groups is 1. The zero-order chi connectivity index (χ0) is 19.4. The third-order valence-electron chi connectivity index (χ3n) is 4.68. The maximum Gasteiger partial charge on any atom is 0.236 e. The van der Waals surface area contributed by atoms with Crippen molar-refractivity contribution >= 4 is 17.5 Å². The zero-order valence-electron chi connectivity index (χ0n) is 15.6. The summed E-state index contributed by atoms with van der Waals surface area (Å²) in [6, 6.07) is 6.55. The van der Waals surface area contributed by atoms with E-state index in [-0.39, 0.29) is 18.3 Å². The lowest BCUT2D eigenvalue weighted by atomic mass is 10.2. The van der Waals surface area contributed by atoms with Gasteiger partial charge in [-0.2, -0.15) is 0 Å². The van der Waals surface area contributed by atoms with E-state index in [0.717, 1.165) is 31.1 Å². The molecule has 1 aromatic carbocycles. The monoisotopic (exact) mass is 394 g/mol. The molecule has 146 valence electrons. The van der Waals surface area contributed by atoms with Crippen LogP contribution in [0, 0.1) is 12.7 Å². The van der Waals surface area contributed by atoms with E-state index < -0.39 is 0 Å². The molecule has 2 aromatic rings. The van der Waals surface area contributed by atoms with Gasteiger partial charge in [-0.25, -0.2) is 4.39 Å². The highest BCUT2D eigenvalue weighted by molar-refractivity contribution is 6.31. The van der Waals surface area contributed by atoms with E-state index in [1.807, 2.05) is 17.9 Å². The fourth-order valence-electron chi connectivity index (χ4n) is 3.22. The van der Waals surface area contributed by atoms with Gasteiger partial charge >= 0.3 is 0 Å². The van der Waals surface area contributed by atoms with Crippen LogP contribution in [0.15, 0.2) is 28.8 Å². The highest BCUT2D eigenvalue weighted by Gasteiger charge is 2.23. The molecule has 0 unspecified atom stereocenters. The van der Waals surface area contributed by atoms with Crippen molar-refractivity contribution in [2.24, 2.45) is 0 Å². The molecule has 1 saturated heterocycles. The Morgan fingerprint density at radius 3 is 2.70 bits per heavy atom. The summed E-state index contributed by atoms with van der Waals surface area (Å²) >= 11 is 6.06. The standard InChI is InChI=1S/C19H24ClFN4O2/c1-14-10-15(22-27-14)11-24-6-8-25(9-7-24)19(26)13-23(2)12-16-17(20)4-3-5-18(16)21/h3-5,10H,6-9,11-13H2,1-2H3. The Labute approximate surface area is 163 Å². The molecule has 0 radical (unpaired) electrons. The highest BCUT2D eigenvalue weighted by atomic mass is 35.5. The SMILES string of the molecule is Cc1cc(CN2CCN(C(=O)CN(C)Cc3c(F)cccc3Cl)CC2)no1. The largest absolute Gasteiger partial charge is 0.361 e. The summed E-state index contributed by atoms with van der Waals surface area (Å²) in [6.07, 6.45) is 0. The number of carbonyl (C=O) groups excluding carboxylic acids is 1. The van der Waals surface area contributed by atoms with Crippen LogP contribution in [0.4, 0.5) is 4.39 Å². The van der Waals surface area contributed by atoms with Crippen LogP contribution in [0.25, 0.3) is 0 Å². The lowest BCUT2D eigenvalue weighted by Crippen LogP contribution is -2.50. The van der Waals surface area contributed by atoms with Crippen molar-refractivity contribution in [2.75, 3.05) is 39.8 Å². The van der Waals surface area contributed by atoms with E-state index in [1.165, 1.54) is 6.07 Å². The van der Waals surface area contributed by atoms with Crippen LogP contribution in [-0.4, -0.2) is 65.5 Å². The van der Waals surface area contributed by atoms with Gasteiger partial charge in [-0.05, 0) is 26.1 Å². The van der Waals surface area contributed by atoms with Crippen LogP contribution in [0.5, 0.6) is 0 Å². The van der Waals surface area contributed by atoms with Crippen LogP contribution in [-0.2, 0) is 17.9 Å². The topological polar surface area (TPSA) is 52.8 Å². The third-order valence-corrected chi connectivity index (χ3v) is 5.04. The van der Waals surface area contributed by atoms with Crippen molar-refractivity contribution < 1.29 is 13.7 Å². The molecule has 8 heteroatoms. The van der Waals surface area contributed by atoms with Gasteiger partial charge in [0.25, 0.3) is 0 Å². The first-order valence-electron chi connectivity index (χ1n) is 8.96. The molecule has 1 amide bonds. The maximum atomic E-state index is 13.9. The van der Waals surface area contributed by atoms with Crippen LogP contribution in [0.3, 0.4) is 0 Å². The second-order valence-corrected chi connectivity index (χ2v) is 7.37. The molecule has 1 aliphatic heterocycles. The third kappa shape index (κ3) is 5.28. The second kappa shape index (κ2) is 8.82. The summed E-state index contributed by atoms with van der Waals surface area (Å²) in [5.74, 6) is 0.497. The van der Waals surface area contributed by atoms with Gasteiger partial charge in [-0.1, -0.05) is 22.8 Å². The number of aryl methyl sites for hydroxylation is 1. The van der Waals surface area contributed by atoms with Crippen LogP contribution < -0.4 is 0 Å². The Hall–Kier alpha value is -1.96. The van der Waals surface area contributed by atoms with Gasteiger partial charge in [-0.15, -0.1) is 0 Å². The van der Waals surface area contributed by atoms with Crippen molar-refractivity contribution in [3.8, 4) is 0 Å². The molecular weight excluding hydrogens is 371 g/mol. The van der Waals surface area contributed by atoms with E-state index in [1.54, 1.807) is 24.1 Å². The Morgan fingerprint density at radius 1 is 1.33 bits per heavy atom. The average Bonchev–Trinajstić information content (AvgIpc) is 3.03. The van der Waals surface area contributed by atoms with E-state index in [0.29, 0.717) is 30.2 Å². The van der Waals surface area contributed by atoms with Gasteiger partial charge < -0.3 is 9.42 Å². The number of nitrogens with zero attached hydrogens (tertiary/aromatic N) is 4. The summed E-state index contributed by atoms with van der Waals surface area (Å²) in [5, 5.41) is 4.39. The van der Waals surface area contributed by atoms with Crippen molar-refractivity contribution in [1.29, 1.82) is 0 Å². The molecule has 1 fully saturated rings. The quantitative estimate of drug-likeness (QED) is 0.753. The number of aromatic nitrogens is 1. The lowest BCUT2D eigenvalue weighted by molar-refractivity contribution is -0.134. The van der Waals surface area contributed by atoms with Crippen molar-refractivity contribution in [3.63, 3.8) is 0 Å². The van der Waals surface area contributed by atoms with Gasteiger partial charge in [0.05, 0.1) is 12.2 Å². The Kier molecular flexibility index (Phi) is 6.46. The summed E-state index contributed by atoms with van der Waals surface area (Å²) < 4.78 is 19.0. The predicted molar refractivity (Wildman–Crippen MR) is 101 cm³/mol. The number of hydrogen-bond donors (Lipinski definition) is 0. The van der Waals surface area contributed by atoms with Crippen molar-refractivity contribution in [2.45, 2.75) is 20.0 Å². The number of rotatable bonds is 6. The minimum atomic E-state index is -0.349. The molecule has 0 saturated carbocycles. The number of benzene rings is 1. The molecule has 1 aromatic heterocycles. The zero-order valence-corrected chi connectivity index (χ0v) is 16.4. The van der Waals surface area contributed by atoms with Gasteiger partial charge in [0.2, 0.25) is 5.91 Å². The molecule has 0 spiro atoms. The van der Waals surface area contributed by atoms with Gasteiger partial charge in [0, 0.05) is 55.9 Å². The number of hydrogen-bond acceptors (Lipinski definition) is 5. The number of piperazine rings is 1. The van der Waals surface area contributed by atoms with Gasteiger partial charge in [0.1, 0.15) is 11.6 Å². The van der Waals surface area contributed by atoms with Crippen molar-refractivity contribution in [1.82, 2.24) is 19.9 Å². The molecule has 27 heavy (non-hydrogen) atoms. The van der Waals surface area contributed by atoms with Crippen LogP contribution >= 0.6 is 11.6 Å². The highest BCUT2D eigenvalue weighted by Crippen LogP contribution is 2.20. The van der Waals surface area contributed by atoms with Crippen molar-refractivity contribution in [3.05, 3.63) is 52.1 Å². The molecule has 0 aliphatic carbocycles. The molecule has 0 atom stereocenters. The maximum absolute atomic E-state index is 13.9. The minimum absolute atomic E-state index is 0.0434. The molecular formula is C19H24ClFN4O2. The first-order valence-corrected chi connectivity index (χ1v) is 9.34. The van der Waals surface area contributed by atoms with E-state index in [4.69, 9.17) is 16.1 Å². The number of likely N-dealkylation sites (N-methyl/N-ethyl adjacent to an activating group) is 1.